The summed E-state index contributed by atoms with van der Waals surface area (Å²) in [5.41, 5.74) is 5.52. The van der Waals surface area contributed by atoms with Crippen molar-refractivity contribution in [2.75, 3.05) is 0 Å². The van der Waals surface area contributed by atoms with Crippen LogP contribution in [0.4, 0.5) is 13.2 Å². The fourth-order valence-electron chi connectivity index (χ4n) is 4.23. The molecule has 1 amide bonds. The van der Waals surface area contributed by atoms with Crippen LogP contribution in [0.15, 0.2) is 42.6 Å². The van der Waals surface area contributed by atoms with Crippen molar-refractivity contribution in [1.29, 1.82) is 0 Å². The molecule has 0 bridgehead atoms. The van der Waals surface area contributed by atoms with E-state index in [1.807, 2.05) is 0 Å². The lowest BCUT2D eigenvalue weighted by molar-refractivity contribution is -0.274. The zero-order valence-electron chi connectivity index (χ0n) is 24.0. The van der Waals surface area contributed by atoms with Gasteiger partial charge in [0, 0.05) is 30.6 Å². The number of aryl methyl sites for hydroxylation is 2. The standard InChI is InChI=1S/C27H27ClF3N5O7S/c1-12(2)21(32)24(39)41-11-36-17(14-6-7-18(16(28)8-14)43-27(29,30)31)10-44-25(36)33-19(37)9-15-13(3)42-23-20(15)22(38)34(4)26(40)35(23)5/h6-8,10,12,21H,9,11,32H2,1-5H3/b33-25-/t21-/m0/s1. The van der Waals surface area contributed by atoms with E-state index < -0.39 is 48.0 Å². The average molecular weight is 658 g/mol. The molecule has 0 unspecified atom stereocenters. The Morgan fingerprint density at radius 3 is 2.48 bits per heavy atom. The Bertz CT molecular complexity index is 1950. The molecule has 4 rings (SSSR count). The Balaban J connectivity index is 1.76. The molecule has 3 heterocycles. The summed E-state index contributed by atoms with van der Waals surface area (Å²) in [6.07, 6.45) is -5.33. The second-order valence-electron chi connectivity index (χ2n) is 10.1. The molecule has 17 heteroatoms. The molecule has 3 aromatic heterocycles. The third-order valence-corrected chi connectivity index (χ3v) is 7.87. The minimum Gasteiger partial charge on any atom is -0.444 e. The highest BCUT2D eigenvalue weighted by molar-refractivity contribution is 7.07. The van der Waals surface area contributed by atoms with E-state index >= 15 is 0 Å². The fraction of sp³-hybridized carbons (Fsp3) is 0.370. The van der Waals surface area contributed by atoms with Gasteiger partial charge in [-0.1, -0.05) is 25.4 Å². The monoisotopic (exact) mass is 657 g/mol. The molecular weight excluding hydrogens is 631 g/mol. The number of alkyl halides is 3. The predicted molar refractivity (Wildman–Crippen MR) is 154 cm³/mol. The molecule has 0 fully saturated rings. The van der Waals surface area contributed by atoms with E-state index in [9.17, 15) is 32.3 Å². The number of benzene rings is 1. The van der Waals surface area contributed by atoms with Gasteiger partial charge >= 0.3 is 18.0 Å². The molecule has 0 saturated carbocycles. The molecule has 0 saturated heterocycles. The molecule has 0 aliphatic carbocycles. The predicted octanol–water partition coefficient (Wildman–Crippen LogP) is 3.37. The zero-order valence-corrected chi connectivity index (χ0v) is 25.6. The van der Waals surface area contributed by atoms with E-state index in [2.05, 4.69) is 9.73 Å². The van der Waals surface area contributed by atoms with Gasteiger partial charge in [-0.3, -0.25) is 28.1 Å². The first-order valence-electron chi connectivity index (χ1n) is 12.9. The minimum absolute atomic E-state index is 0.00936. The van der Waals surface area contributed by atoms with Crippen molar-refractivity contribution < 1.29 is 36.7 Å². The molecule has 0 aliphatic rings. The van der Waals surface area contributed by atoms with Crippen LogP contribution in [0, 0.1) is 12.8 Å². The molecule has 236 valence electrons. The Labute approximate surface area is 255 Å². The Morgan fingerprint density at radius 2 is 1.86 bits per heavy atom. The van der Waals surface area contributed by atoms with Crippen molar-refractivity contribution in [1.82, 2.24) is 13.7 Å². The second-order valence-corrected chi connectivity index (χ2v) is 11.3. The number of nitrogens with two attached hydrogens (primary N) is 1. The molecule has 12 nitrogen and oxygen atoms in total. The quantitative estimate of drug-likeness (QED) is 0.283. The summed E-state index contributed by atoms with van der Waals surface area (Å²) in [7, 11) is 2.73. The van der Waals surface area contributed by atoms with Crippen molar-refractivity contribution in [2.24, 2.45) is 30.7 Å². The van der Waals surface area contributed by atoms with Crippen LogP contribution in [0.25, 0.3) is 22.4 Å². The summed E-state index contributed by atoms with van der Waals surface area (Å²) in [4.78, 5) is 55.1. The minimum atomic E-state index is -4.96. The molecule has 1 aromatic carbocycles. The Morgan fingerprint density at radius 1 is 1.18 bits per heavy atom. The van der Waals surface area contributed by atoms with Gasteiger partial charge in [0.25, 0.3) is 11.5 Å². The molecule has 0 spiro atoms. The maximum absolute atomic E-state index is 13.2. The number of esters is 1. The maximum Gasteiger partial charge on any atom is 0.573 e. The summed E-state index contributed by atoms with van der Waals surface area (Å²) < 4.78 is 56.5. The van der Waals surface area contributed by atoms with Gasteiger partial charge in [0.15, 0.2) is 11.5 Å². The number of fused-ring (bicyclic) bond motifs is 1. The first-order chi connectivity index (χ1) is 20.5. The number of nitrogens with zero attached hydrogens (tertiary/aromatic N) is 4. The smallest absolute Gasteiger partial charge is 0.444 e. The summed E-state index contributed by atoms with van der Waals surface area (Å²) in [6, 6.07) is 2.61. The number of ether oxygens (including phenoxy) is 2. The third-order valence-electron chi connectivity index (χ3n) is 6.71. The van der Waals surface area contributed by atoms with Gasteiger partial charge in [-0.15, -0.1) is 24.5 Å². The number of rotatable bonds is 8. The lowest BCUT2D eigenvalue weighted by Crippen LogP contribution is -2.37. The molecule has 2 N–H and O–H groups in total. The number of furan rings is 1. The fourth-order valence-corrected chi connectivity index (χ4v) is 5.37. The van der Waals surface area contributed by atoms with E-state index in [1.165, 1.54) is 30.8 Å². The number of amides is 1. The Kier molecular flexibility index (Phi) is 9.27. The molecule has 0 radical (unpaired) electrons. The average Bonchev–Trinajstić information content (AvgIpc) is 3.49. The van der Waals surface area contributed by atoms with E-state index in [0.29, 0.717) is 11.3 Å². The molecule has 44 heavy (non-hydrogen) atoms. The molecular formula is C27H27ClF3N5O7S. The zero-order chi connectivity index (χ0) is 32.7. The van der Waals surface area contributed by atoms with E-state index in [4.69, 9.17) is 26.5 Å². The molecule has 1 atom stereocenters. The van der Waals surface area contributed by atoms with E-state index in [1.54, 1.807) is 26.2 Å². The second kappa shape index (κ2) is 12.5. The number of carbonyl (C=O) groups excluding carboxylic acids is 2. The SMILES string of the molecule is Cc1oc2c(c1CC(=O)/N=c1\scc(-c3ccc(OC(F)(F)F)c(Cl)c3)n1COC(=O)[C@@H](N)C(C)C)c(=O)n(C)c(=O)n2C. The first-order valence-corrected chi connectivity index (χ1v) is 14.2. The number of aromatic nitrogens is 3. The van der Waals surface area contributed by atoms with Crippen LogP contribution in [-0.4, -0.2) is 38.0 Å². The summed E-state index contributed by atoms with van der Waals surface area (Å²) >= 11 is 7.03. The van der Waals surface area contributed by atoms with Crippen LogP contribution in [-0.2, 0) is 41.6 Å². The van der Waals surface area contributed by atoms with Crippen LogP contribution < -0.4 is 26.5 Å². The van der Waals surface area contributed by atoms with Gasteiger partial charge in [0.2, 0.25) is 5.71 Å². The van der Waals surface area contributed by atoms with Gasteiger partial charge in [-0.25, -0.2) is 4.79 Å². The van der Waals surface area contributed by atoms with Gasteiger partial charge in [-0.2, -0.15) is 4.99 Å². The van der Waals surface area contributed by atoms with Crippen molar-refractivity contribution in [3.05, 3.63) is 65.6 Å². The lowest BCUT2D eigenvalue weighted by Gasteiger charge is -2.16. The normalized spacial score (nSPS) is 13.1. The maximum atomic E-state index is 13.2. The number of hydrogen-bond donors (Lipinski definition) is 1. The largest absolute Gasteiger partial charge is 0.573 e. The van der Waals surface area contributed by atoms with Crippen LogP contribution in [0.3, 0.4) is 0 Å². The van der Waals surface area contributed by atoms with Gasteiger partial charge in [0.05, 0.1) is 17.1 Å². The van der Waals surface area contributed by atoms with Gasteiger partial charge in [-0.05, 0) is 31.0 Å². The molecule has 4 aromatic rings. The number of thiazole rings is 1. The van der Waals surface area contributed by atoms with Crippen LogP contribution >= 0.6 is 22.9 Å². The summed E-state index contributed by atoms with van der Waals surface area (Å²) in [5, 5.41) is 1.26. The van der Waals surface area contributed by atoms with Crippen molar-refractivity contribution >= 4 is 45.9 Å². The molecule has 0 aliphatic heterocycles. The summed E-state index contributed by atoms with van der Waals surface area (Å²) in [5.74, 6) is -2.04. The van der Waals surface area contributed by atoms with Gasteiger partial charge < -0.3 is 19.6 Å². The Hall–Kier alpha value is -4.15. The van der Waals surface area contributed by atoms with Crippen LogP contribution in [0.2, 0.25) is 5.02 Å². The number of carbonyl (C=O) groups is 2. The topological polar surface area (TPSA) is 153 Å². The van der Waals surface area contributed by atoms with Crippen molar-refractivity contribution in [2.45, 2.75) is 46.3 Å². The van der Waals surface area contributed by atoms with Crippen molar-refractivity contribution in [3.8, 4) is 17.0 Å². The van der Waals surface area contributed by atoms with E-state index in [-0.39, 0.29) is 44.6 Å². The van der Waals surface area contributed by atoms with Crippen molar-refractivity contribution in [3.63, 3.8) is 0 Å². The lowest BCUT2D eigenvalue weighted by atomic mass is 10.1. The first kappa shape index (κ1) is 32.8. The van der Waals surface area contributed by atoms with E-state index in [0.717, 1.165) is 26.5 Å². The highest BCUT2D eigenvalue weighted by Gasteiger charge is 2.32. The van der Waals surface area contributed by atoms with Gasteiger partial charge in [0.1, 0.15) is 22.9 Å². The van der Waals surface area contributed by atoms with Crippen LogP contribution in [0.5, 0.6) is 5.75 Å². The number of halogens is 4. The highest BCUT2D eigenvalue weighted by Crippen LogP contribution is 2.34. The highest BCUT2D eigenvalue weighted by atomic mass is 35.5. The third kappa shape index (κ3) is 6.66. The van der Waals surface area contributed by atoms with Crippen LogP contribution in [0.1, 0.15) is 25.2 Å². The number of hydrogen-bond acceptors (Lipinski definition) is 9. The summed E-state index contributed by atoms with van der Waals surface area (Å²) in [6.45, 7) is 4.56.